The van der Waals surface area contributed by atoms with Crippen LogP contribution in [0.5, 0.6) is 0 Å². The van der Waals surface area contributed by atoms with Crippen LogP contribution in [0, 0.1) is 5.41 Å². The normalized spacial score (nSPS) is 17.3. The quantitative estimate of drug-likeness (QED) is 0.251. The Kier molecular flexibility index (Phi) is 10.1. The fourth-order valence-electron chi connectivity index (χ4n) is 6.57. The highest BCUT2D eigenvalue weighted by Gasteiger charge is 2.39. The molecule has 10 heteroatoms. The first-order chi connectivity index (χ1) is 21.1. The Balaban J connectivity index is 1.25. The first-order valence-electron chi connectivity index (χ1n) is 15.2. The predicted molar refractivity (Wildman–Crippen MR) is 171 cm³/mol. The van der Waals surface area contributed by atoms with Crippen LogP contribution in [0.1, 0.15) is 67.3 Å². The van der Waals surface area contributed by atoms with Crippen LogP contribution in [0.3, 0.4) is 0 Å². The van der Waals surface area contributed by atoms with Gasteiger partial charge in [-0.2, -0.15) is 0 Å². The molecule has 1 saturated carbocycles. The molecule has 232 valence electrons. The maximum Gasteiger partial charge on any atom is 0.326 e. The van der Waals surface area contributed by atoms with Gasteiger partial charge in [-0.25, -0.2) is 4.79 Å². The summed E-state index contributed by atoms with van der Waals surface area (Å²) in [7, 11) is 0. The summed E-state index contributed by atoms with van der Waals surface area (Å²) in [5.41, 5.74) is 1.29. The van der Waals surface area contributed by atoms with Crippen molar-refractivity contribution < 1.29 is 24.3 Å². The van der Waals surface area contributed by atoms with Crippen molar-refractivity contribution in [3.63, 3.8) is 0 Å². The van der Waals surface area contributed by atoms with E-state index in [2.05, 4.69) is 10.6 Å². The SMILES string of the molecule is O=C(CCC(NC(=O)c1cc(Cl)cc(Cl)c1)C(=O)N1CCC2(CCCC2)CC1)N[C@H](Cc1ccc2ccccc2c1)C(=O)O. The number of aliphatic carboxylic acids is 1. The lowest BCUT2D eigenvalue weighted by Crippen LogP contribution is -2.52. The van der Waals surface area contributed by atoms with Crippen LogP contribution in [0.25, 0.3) is 10.8 Å². The molecule has 1 aliphatic carbocycles. The molecule has 3 amide bonds. The minimum absolute atomic E-state index is 0.00859. The molecule has 8 nitrogen and oxygen atoms in total. The summed E-state index contributed by atoms with van der Waals surface area (Å²) >= 11 is 12.2. The molecular formula is C34H37Cl2N3O5. The number of carboxylic acids is 1. The second kappa shape index (κ2) is 14.0. The number of piperidine rings is 1. The minimum Gasteiger partial charge on any atom is -0.480 e. The van der Waals surface area contributed by atoms with Gasteiger partial charge in [0.05, 0.1) is 0 Å². The van der Waals surface area contributed by atoms with Crippen LogP contribution in [0.15, 0.2) is 60.7 Å². The van der Waals surface area contributed by atoms with Crippen molar-refractivity contribution in [1.29, 1.82) is 0 Å². The van der Waals surface area contributed by atoms with E-state index < -0.39 is 29.9 Å². The molecule has 44 heavy (non-hydrogen) atoms. The molecule has 5 rings (SSSR count). The minimum atomic E-state index is -1.15. The van der Waals surface area contributed by atoms with Crippen LogP contribution in [0.4, 0.5) is 0 Å². The largest absolute Gasteiger partial charge is 0.480 e. The zero-order valence-corrected chi connectivity index (χ0v) is 26.0. The summed E-state index contributed by atoms with van der Waals surface area (Å²) in [5, 5.41) is 17.8. The Morgan fingerprint density at radius 2 is 1.48 bits per heavy atom. The third-order valence-corrected chi connectivity index (χ3v) is 9.51. The standard InChI is InChI=1S/C34H37Cl2N3O5/c35-26-19-25(20-27(36)21-26)31(41)38-28(32(42)39-15-13-34(14-16-39)11-3-4-12-34)9-10-30(40)37-29(33(43)44)18-22-7-8-23-5-1-2-6-24(23)17-22/h1-2,5-8,17,19-21,28-29H,3-4,9-16,18H2,(H,37,40)(H,38,41)(H,43,44)/t28?,29-/m1/s1. The topological polar surface area (TPSA) is 116 Å². The Morgan fingerprint density at radius 3 is 2.14 bits per heavy atom. The first kappa shape index (κ1) is 31.8. The lowest BCUT2D eigenvalue weighted by molar-refractivity contribution is -0.142. The number of fused-ring (bicyclic) bond motifs is 1. The van der Waals surface area contributed by atoms with Gasteiger partial charge in [0.1, 0.15) is 12.1 Å². The van der Waals surface area contributed by atoms with Gasteiger partial charge in [-0.15, -0.1) is 0 Å². The molecule has 3 N–H and O–H groups in total. The fourth-order valence-corrected chi connectivity index (χ4v) is 7.10. The van der Waals surface area contributed by atoms with Crippen molar-refractivity contribution in [2.45, 2.75) is 69.9 Å². The zero-order valence-electron chi connectivity index (χ0n) is 24.5. The molecule has 2 fully saturated rings. The number of rotatable bonds is 10. The molecule has 0 bridgehead atoms. The smallest absolute Gasteiger partial charge is 0.326 e. The molecule has 2 aliphatic rings. The van der Waals surface area contributed by atoms with Crippen LogP contribution < -0.4 is 10.6 Å². The summed E-state index contributed by atoms with van der Waals surface area (Å²) in [4.78, 5) is 53.8. The van der Waals surface area contributed by atoms with Crippen molar-refractivity contribution in [2.24, 2.45) is 5.41 Å². The molecule has 0 aromatic heterocycles. The number of likely N-dealkylation sites (tertiary alicyclic amines) is 1. The zero-order chi connectivity index (χ0) is 31.3. The van der Waals surface area contributed by atoms with E-state index in [9.17, 15) is 24.3 Å². The van der Waals surface area contributed by atoms with Gasteiger partial charge in [0, 0.05) is 41.5 Å². The van der Waals surface area contributed by atoms with E-state index in [-0.39, 0.29) is 40.8 Å². The molecule has 1 spiro atoms. The van der Waals surface area contributed by atoms with Gasteiger partial charge in [-0.3, -0.25) is 14.4 Å². The number of nitrogens with zero attached hydrogens (tertiary/aromatic N) is 1. The maximum absolute atomic E-state index is 13.7. The Morgan fingerprint density at radius 1 is 0.818 bits per heavy atom. The highest BCUT2D eigenvalue weighted by molar-refractivity contribution is 6.35. The van der Waals surface area contributed by atoms with Gasteiger partial charge in [-0.05, 0) is 72.1 Å². The number of nitrogens with one attached hydrogen (secondary N) is 2. The van der Waals surface area contributed by atoms with E-state index in [0.29, 0.717) is 18.5 Å². The lowest BCUT2D eigenvalue weighted by atomic mass is 9.77. The number of hydrogen-bond donors (Lipinski definition) is 3. The molecular weight excluding hydrogens is 601 g/mol. The van der Waals surface area contributed by atoms with Crippen molar-refractivity contribution >= 4 is 57.7 Å². The van der Waals surface area contributed by atoms with E-state index >= 15 is 0 Å². The van der Waals surface area contributed by atoms with E-state index in [1.165, 1.54) is 43.9 Å². The molecule has 3 aromatic carbocycles. The van der Waals surface area contributed by atoms with Gasteiger partial charge < -0.3 is 20.6 Å². The Bertz CT molecular complexity index is 1520. The number of amides is 3. The summed E-state index contributed by atoms with van der Waals surface area (Å²) < 4.78 is 0. The van der Waals surface area contributed by atoms with Gasteiger partial charge in [0.15, 0.2) is 0 Å². The van der Waals surface area contributed by atoms with Crippen LogP contribution in [0.2, 0.25) is 10.0 Å². The Hall–Kier alpha value is -3.62. The molecule has 1 aliphatic heterocycles. The summed E-state index contributed by atoms with van der Waals surface area (Å²) in [5.74, 6) is -2.45. The first-order valence-corrected chi connectivity index (χ1v) is 15.9. The number of carbonyl (C=O) groups is 4. The number of carbonyl (C=O) groups excluding carboxylic acids is 3. The average Bonchev–Trinajstić information content (AvgIpc) is 3.45. The summed E-state index contributed by atoms with van der Waals surface area (Å²) in [6.07, 6.45) is 6.66. The third kappa shape index (κ3) is 7.90. The lowest BCUT2D eigenvalue weighted by Gasteiger charge is -2.40. The van der Waals surface area contributed by atoms with Crippen LogP contribution in [-0.4, -0.2) is 58.9 Å². The number of benzene rings is 3. The van der Waals surface area contributed by atoms with E-state index in [1.54, 1.807) is 4.90 Å². The number of halogens is 2. The van der Waals surface area contributed by atoms with E-state index in [4.69, 9.17) is 23.2 Å². The third-order valence-electron chi connectivity index (χ3n) is 9.08. The van der Waals surface area contributed by atoms with Crippen molar-refractivity contribution in [3.05, 3.63) is 81.8 Å². The van der Waals surface area contributed by atoms with Crippen molar-refractivity contribution in [3.8, 4) is 0 Å². The summed E-state index contributed by atoms with van der Waals surface area (Å²) in [6, 6.07) is 15.8. The second-order valence-corrected chi connectivity index (χ2v) is 13.0. The highest BCUT2D eigenvalue weighted by Crippen LogP contribution is 2.46. The number of carboxylic acid groups (broad SMARTS) is 1. The van der Waals surface area contributed by atoms with Gasteiger partial charge in [-0.1, -0.05) is 78.5 Å². The fraction of sp³-hybridized carbons (Fsp3) is 0.412. The monoisotopic (exact) mass is 637 g/mol. The van der Waals surface area contributed by atoms with Crippen LogP contribution >= 0.6 is 23.2 Å². The number of hydrogen-bond acceptors (Lipinski definition) is 4. The summed E-state index contributed by atoms with van der Waals surface area (Å²) in [6.45, 7) is 1.21. The van der Waals surface area contributed by atoms with Gasteiger partial charge >= 0.3 is 5.97 Å². The van der Waals surface area contributed by atoms with Crippen molar-refractivity contribution in [2.75, 3.05) is 13.1 Å². The van der Waals surface area contributed by atoms with Crippen LogP contribution in [-0.2, 0) is 20.8 Å². The van der Waals surface area contributed by atoms with Crippen molar-refractivity contribution in [1.82, 2.24) is 15.5 Å². The molecule has 2 atom stereocenters. The Labute approximate surface area is 267 Å². The maximum atomic E-state index is 13.7. The molecule has 1 saturated heterocycles. The molecule has 0 radical (unpaired) electrons. The molecule has 1 unspecified atom stereocenters. The van der Waals surface area contributed by atoms with E-state index in [0.717, 1.165) is 29.2 Å². The molecule has 1 heterocycles. The van der Waals surface area contributed by atoms with Gasteiger partial charge in [0.2, 0.25) is 11.8 Å². The second-order valence-electron chi connectivity index (χ2n) is 12.1. The highest BCUT2D eigenvalue weighted by atomic mass is 35.5. The predicted octanol–water partition coefficient (Wildman–Crippen LogP) is 6.02. The van der Waals surface area contributed by atoms with Gasteiger partial charge in [0.25, 0.3) is 5.91 Å². The van der Waals surface area contributed by atoms with E-state index in [1.807, 2.05) is 42.5 Å². The molecule has 3 aromatic rings. The average molecular weight is 639 g/mol.